The van der Waals surface area contributed by atoms with E-state index >= 15 is 0 Å². The normalized spacial score (nSPS) is 19.0. The maximum atomic E-state index is 13.2. The van der Waals surface area contributed by atoms with Crippen molar-refractivity contribution in [2.75, 3.05) is 31.6 Å². The van der Waals surface area contributed by atoms with Crippen LogP contribution in [0.4, 0.5) is 5.69 Å². The fourth-order valence-electron chi connectivity index (χ4n) is 3.29. The molecule has 1 saturated heterocycles. The van der Waals surface area contributed by atoms with Crippen molar-refractivity contribution in [3.05, 3.63) is 40.1 Å². The fourth-order valence-corrected chi connectivity index (χ4v) is 4.92. The number of aromatic amines is 1. The third-order valence-electron chi connectivity index (χ3n) is 4.65. The number of carbonyl (C=O) groups is 1. The quantitative estimate of drug-likeness (QED) is 0.695. The van der Waals surface area contributed by atoms with Gasteiger partial charge in [0, 0.05) is 25.2 Å². The minimum Gasteiger partial charge on any atom is -0.379 e. The highest BCUT2D eigenvalue weighted by molar-refractivity contribution is 7.89. The summed E-state index contributed by atoms with van der Waals surface area (Å²) in [7, 11) is -3.82. The average Bonchev–Trinajstić information content (AvgIpc) is 3.21. The Morgan fingerprint density at radius 2 is 2.00 bits per heavy atom. The Morgan fingerprint density at radius 3 is 2.68 bits per heavy atom. The number of carbonyl (C=O) groups excluding carboxylic acids is 1. The molecule has 0 bridgehead atoms. The standard InChI is InChI=1S/C17H19N5O5S/c1-2-22-17(24)19-14(20-22)10-11-15-12(18-16(11)23)4-3-5-13(15)28(25,26)21-6-8-27-9-7-21/h3-5,10H,2,6-9H2,1H3,(H,18,23)(H,19,20,24)/b11-10-. The first-order valence-corrected chi connectivity index (χ1v) is 10.3. The summed E-state index contributed by atoms with van der Waals surface area (Å²) < 4.78 is 34.2. The van der Waals surface area contributed by atoms with Gasteiger partial charge in [-0.25, -0.2) is 17.9 Å². The van der Waals surface area contributed by atoms with Gasteiger partial charge in [0.25, 0.3) is 5.91 Å². The van der Waals surface area contributed by atoms with Crippen LogP contribution in [0.25, 0.3) is 11.6 Å². The molecule has 2 N–H and O–H groups in total. The summed E-state index contributed by atoms with van der Waals surface area (Å²) in [5, 5.41) is 6.77. The van der Waals surface area contributed by atoms with Gasteiger partial charge in [0.15, 0.2) is 5.82 Å². The molecule has 28 heavy (non-hydrogen) atoms. The van der Waals surface area contributed by atoms with E-state index in [1.165, 1.54) is 21.1 Å². The lowest BCUT2D eigenvalue weighted by Crippen LogP contribution is -2.40. The molecular formula is C17H19N5O5S. The predicted octanol–water partition coefficient (Wildman–Crippen LogP) is 0.105. The lowest BCUT2D eigenvalue weighted by Gasteiger charge is -2.26. The molecule has 0 unspecified atom stereocenters. The van der Waals surface area contributed by atoms with Crippen molar-refractivity contribution in [1.29, 1.82) is 0 Å². The van der Waals surface area contributed by atoms with Gasteiger partial charge in [-0.05, 0) is 25.1 Å². The molecule has 2 aliphatic heterocycles. The number of fused-ring (bicyclic) bond motifs is 1. The van der Waals surface area contributed by atoms with Crippen molar-refractivity contribution in [1.82, 2.24) is 19.1 Å². The number of amides is 1. The summed E-state index contributed by atoms with van der Waals surface area (Å²) in [6.07, 6.45) is 1.40. The highest BCUT2D eigenvalue weighted by atomic mass is 32.2. The molecule has 0 spiro atoms. The van der Waals surface area contributed by atoms with E-state index in [1.54, 1.807) is 19.1 Å². The first kappa shape index (κ1) is 18.6. The van der Waals surface area contributed by atoms with Gasteiger partial charge in [0.1, 0.15) is 0 Å². The van der Waals surface area contributed by atoms with E-state index in [0.29, 0.717) is 25.4 Å². The lowest BCUT2D eigenvalue weighted by molar-refractivity contribution is -0.110. The van der Waals surface area contributed by atoms with Gasteiger partial charge in [-0.2, -0.15) is 9.40 Å². The van der Waals surface area contributed by atoms with Crippen molar-refractivity contribution in [2.24, 2.45) is 0 Å². The number of nitrogens with one attached hydrogen (secondary N) is 2. The average molecular weight is 405 g/mol. The van der Waals surface area contributed by atoms with Gasteiger partial charge in [-0.15, -0.1) is 0 Å². The summed E-state index contributed by atoms with van der Waals surface area (Å²) in [5.41, 5.74) is 0.426. The van der Waals surface area contributed by atoms with E-state index in [4.69, 9.17) is 4.74 Å². The summed E-state index contributed by atoms with van der Waals surface area (Å²) >= 11 is 0. The second-order valence-corrected chi connectivity index (χ2v) is 8.24. The molecule has 2 aromatic rings. The van der Waals surface area contributed by atoms with Crippen LogP contribution in [0.1, 0.15) is 18.3 Å². The number of hydrogen-bond donors (Lipinski definition) is 2. The molecule has 1 amide bonds. The minimum atomic E-state index is -3.82. The number of benzene rings is 1. The Balaban J connectivity index is 1.84. The van der Waals surface area contributed by atoms with Crippen LogP contribution < -0.4 is 11.0 Å². The molecule has 1 fully saturated rings. The summed E-state index contributed by atoms with van der Waals surface area (Å²) in [5.74, 6) is -0.269. The van der Waals surface area contributed by atoms with E-state index in [2.05, 4.69) is 15.4 Å². The number of morpholine rings is 1. The van der Waals surface area contributed by atoms with Crippen LogP contribution >= 0.6 is 0 Å². The zero-order valence-corrected chi connectivity index (χ0v) is 16.0. The molecule has 2 aliphatic rings. The molecule has 3 heterocycles. The van der Waals surface area contributed by atoms with Crippen molar-refractivity contribution in [3.63, 3.8) is 0 Å². The number of aromatic nitrogens is 3. The smallest absolute Gasteiger partial charge is 0.343 e. The van der Waals surface area contributed by atoms with E-state index in [0.717, 1.165) is 0 Å². The van der Waals surface area contributed by atoms with Gasteiger partial charge in [-0.1, -0.05) is 6.07 Å². The molecule has 1 aromatic heterocycles. The molecule has 148 valence electrons. The van der Waals surface area contributed by atoms with Crippen molar-refractivity contribution < 1.29 is 17.9 Å². The first-order chi connectivity index (χ1) is 13.4. The Hall–Kier alpha value is -2.76. The number of rotatable bonds is 4. The van der Waals surface area contributed by atoms with E-state index in [1.807, 2.05) is 0 Å². The van der Waals surface area contributed by atoms with E-state index in [-0.39, 0.29) is 34.9 Å². The molecule has 10 nitrogen and oxygen atoms in total. The molecule has 0 aliphatic carbocycles. The monoisotopic (exact) mass is 405 g/mol. The zero-order valence-electron chi connectivity index (χ0n) is 15.1. The number of hydrogen-bond acceptors (Lipinski definition) is 6. The second-order valence-electron chi connectivity index (χ2n) is 6.34. The molecular weight excluding hydrogens is 386 g/mol. The van der Waals surface area contributed by atoms with Crippen LogP contribution in [-0.2, 0) is 26.1 Å². The van der Waals surface area contributed by atoms with Crippen molar-refractivity contribution in [2.45, 2.75) is 18.4 Å². The number of sulfonamides is 1. The van der Waals surface area contributed by atoms with E-state index in [9.17, 15) is 18.0 Å². The highest BCUT2D eigenvalue weighted by Gasteiger charge is 2.35. The van der Waals surface area contributed by atoms with Crippen LogP contribution in [0.5, 0.6) is 0 Å². The number of anilines is 1. The summed E-state index contributed by atoms with van der Waals surface area (Å²) in [6.45, 7) is 3.29. The number of aryl methyl sites for hydroxylation is 1. The van der Waals surface area contributed by atoms with Gasteiger partial charge >= 0.3 is 5.69 Å². The van der Waals surface area contributed by atoms with Gasteiger partial charge < -0.3 is 10.1 Å². The van der Waals surface area contributed by atoms with Crippen LogP contribution in [0.15, 0.2) is 27.9 Å². The predicted molar refractivity (Wildman–Crippen MR) is 101 cm³/mol. The number of nitrogens with zero attached hydrogens (tertiary/aromatic N) is 3. The Morgan fingerprint density at radius 1 is 1.25 bits per heavy atom. The molecule has 1 aromatic carbocycles. The minimum absolute atomic E-state index is 0.0359. The SMILES string of the molecule is CCn1nc(/C=C2\C(=O)Nc3cccc(S(=O)(=O)N4CCOCC4)c32)[nH]c1=O. The zero-order chi connectivity index (χ0) is 19.9. The summed E-state index contributed by atoms with van der Waals surface area (Å²) in [4.78, 5) is 26.9. The largest absolute Gasteiger partial charge is 0.379 e. The highest BCUT2D eigenvalue weighted by Crippen LogP contribution is 2.38. The molecule has 0 saturated carbocycles. The Labute approximate surface area is 160 Å². The lowest BCUT2D eigenvalue weighted by atomic mass is 10.1. The Kier molecular flexibility index (Phi) is 4.65. The van der Waals surface area contributed by atoms with Crippen LogP contribution in [0.2, 0.25) is 0 Å². The molecule has 11 heteroatoms. The topological polar surface area (TPSA) is 126 Å². The molecule has 4 rings (SSSR count). The van der Waals surface area contributed by atoms with Crippen LogP contribution in [0, 0.1) is 0 Å². The second kappa shape index (κ2) is 7.00. The first-order valence-electron chi connectivity index (χ1n) is 8.83. The maximum absolute atomic E-state index is 13.2. The number of H-pyrrole nitrogens is 1. The van der Waals surface area contributed by atoms with E-state index < -0.39 is 21.6 Å². The third-order valence-corrected chi connectivity index (χ3v) is 6.60. The van der Waals surface area contributed by atoms with Crippen molar-refractivity contribution >= 4 is 33.3 Å². The third kappa shape index (κ3) is 3.07. The summed E-state index contributed by atoms with van der Waals surface area (Å²) in [6, 6.07) is 4.70. The Bertz CT molecular complexity index is 1130. The van der Waals surface area contributed by atoms with Crippen molar-refractivity contribution in [3.8, 4) is 0 Å². The number of ether oxygens (including phenoxy) is 1. The van der Waals surface area contributed by atoms with Crippen LogP contribution in [0.3, 0.4) is 0 Å². The van der Waals surface area contributed by atoms with Gasteiger partial charge in [0.05, 0.1) is 29.4 Å². The van der Waals surface area contributed by atoms with Crippen LogP contribution in [-0.4, -0.2) is 59.7 Å². The van der Waals surface area contributed by atoms with Gasteiger partial charge in [0.2, 0.25) is 10.0 Å². The molecule has 0 atom stereocenters. The fraction of sp³-hybridized carbons (Fsp3) is 0.353. The van der Waals surface area contributed by atoms with Gasteiger partial charge in [-0.3, -0.25) is 9.78 Å². The molecule has 0 radical (unpaired) electrons. The maximum Gasteiger partial charge on any atom is 0.343 e.